The summed E-state index contributed by atoms with van der Waals surface area (Å²) in [5.74, 6) is 0. The first-order valence-corrected chi connectivity index (χ1v) is 5.13. The Balaban J connectivity index is 2.67. The van der Waals surface area contributed by atoms with Crippen LogP contribution in [0.3, 0.4) is 0 Å². The zero-order valence-corrected chi connectivity index (χ0v) is 8.91. The van der Waals surface area contributed by atoms with Crippen LogP contribution < -0.4 is 4.74 Å². The quantitative estimate of drug-likeness (QED) is 0.742. The summed E-state index contributed by atoms with van der Waals surface area (Å²) >= 11 is 5.09. The number of methoxy groups -OCH3 is 1. The van der Waals surface area contributed by atoms with Crippen molar-refractivity contribution in [1.82, 2.24) is 0 Å². The van der Waals surface area contributed by atoms with E-state index in [0.29, 0.717) is 0 Å². The standard InChI is InChI=1S/C9H7BrOS/c1-11-9-5-6-4-7(10)2-3-8(6)12-9/h2-5H,1H3. The average Bonchev–Trinajstić information content (AvgIpc) is 2.46. The molecule has 0 saturated carbocycles. The average molecular weight is 243 g/mol. The summed E-state index contributed by atoms with van der Waals surface area (Å²) in [5, 5.41) is 2.19. The molecule has 0 aliphatic heterocycles. The molecule has 1 nitrogen and oxygen atoms in total. The van der Waals surface area contributed by atoms with E-state index in [9.17, 15) is 0 Å². The highest BCUT2D eigenvalue weighted by atomic mass is 79.9. The van der Waals surface area contributed by atoms with Crippen molar-refractivity contribution in [2.45, 2.75) is 0 Å². The fourth-order valence-corrected chi connectivity index (χ4v) is 2.33. The van der Waals surface area contributed by atoms with Crippen LogP contribution in [0.15, 0.2) is 28.7 Å². The maximum Gasteiger partial charge on any atom is 0.174 e. The Hall–Kier alpha value is -0.540. The van der Waals surface area contributed by atoms with E-state index in [2.05, 4.69) is 28.1 Å². The van der Waals surface area contributed by atoms with Crippen LogP contribution in [0.5, 0.6) is 5.06 Å². The van der Waals surface area contributed by atoms with Crippen LogP contribution in [0.25, 0.3) is 10.1 Å². The molecule has 2 rings (SSSR count). The molecule has 1 aromatic carbocycles. The largest absolute Gasteiger partial charge is 0.487 e. The highest BCUT2D eigenvalue weighted by molar-refractivity contribution is 9.10. The van der Waals surface area contributed by atoms with Crippen LogP contribution in [0.1, 0.15) is 0 Å². The van der Waals surface area contributed by atoms with Crippen molar-refractivity contribution in [3.8, 4) is 5.06 Å². The molecule has 0 spiro atoms. The fraction of sp³-hybridized carbons (Fsp3) is 0.111. The summed E-state index contributed by atoms with van der Waals surface area (Å²) in [6, 6.07) is 8.27. The van der Waals surface area contributed by atoms with Gasteiger partial charge in [-0.25, -0.2) is 0 Å². The van der Waals surface area contributed by atoms with Gasteiger partial charge in [0.05, 0.1) is 7.11 Å². The van der Waals surface area contributed by atoms with Gasteiger partial charge in [0.25, 0.3) is 0 Å². The van der Waals surface area contributed by atoms with E-state index in [0.717, 1.165) is 9.54 Å². The lowest BCUT2D eigenvalue weighted by Gasteiger charge is -1.87. The summed E-state index contributed by atoms with van der Waals surface area (Å²) in [7, 11) is 1.69. The van der Waals surface area contributed by atoms with Gasteiger partial charge >= 0.3 is 0 Å². The molecule has 0 atom stereocenters. The summed E-state index contributed by atoms with van der Waals surface area (Å²) in [6.45, 7) is 0. The van der Waals surface area contributed by atoms with Crippen LogP contribution in [0.2, 0.25) is 0 Å². The number of ether oxygens (including phenoxy) is 1. The number of hydrogen-bond acceptors (Lipinski definition) is 2. The van der Waals surface area contributed by atoms with E-state index in [1.54, 1.807) is 18.4 Å². The lowest BCUT2D eigenvalue weighted by atomic mass is 10.3. The zero-order chi connectivity index (χ0) is 8.55. The second kappa shape index (κ2) is 3.07. The summed E-state index contributed by atoms with van der Waals surface area (Å²) in [6.07, 6.45) is 0. The highest BCUT2D eigenvalue weighted by Crippen LogP contribution is 2.32. The Morgan fingerprint density at radius 3 is 2.92 bits per heavy atom. The topological polar surface area (TPSA) is 9.23 Å². The number of halogens is 1. The molecular formula is C9H7BrOS. The van der Waals surface area contributed by atoms with Crippen molar-refractivity contribution in [1.29, 1.82) is 0 Å². The number of fused-ring (bicyclic) bond motifs is 1. The van der Waals surface area contributed by atoms with Gasteiger partial charge in [-0.05, 0) is 29.7 Å². The van der Waals surface area contributed by atoms with Gasteiger partial charge in [-0.1, -0.05) is 27.3 Å². The molecule has 1 aromatic heterocycles. The third-order valence-electron chi connectivity index (χ3n) is 1.66. The molecule has 2 aromatic rings. The molecule has 0 saturated heterocycles. The first-order chi connectivity index (χ1) is 5.79. The maximum absolute atomic E-state index is 5.14. The third kappa shape index (κ3) is 1.34. The van der Waals surface area contributed by atoms with Crippen molar-refractivity contribution in [2.24, 2.45) is 0 Å². The maximum atomic E-state index is 5.14. The van der Waals surface area contributed by atoms with Crippen molar-refractivity contribution < 1.29 is 4.74 Å². The van der Waals surface area contributed by atoms with Crippen molar-refractivity contribution in [3.05, 3.63) is 28.7 Å². The van der Waals surface area contributed by atoms with Crippen LogP contribution in [-0.2, 0) is 0 Å². The predicted octanol–water partition coefficient (Wildman–Crippen LogP) is 3.67. The Morgan fingerprint density at radius 1 is 1.33 bits per heavy atom. The van der Waals surface area contributed by atoms with Gasteiger partial charge in [-0.15, -0.1) is 0 Å². The fourth-order valence-electron chi connectivity index (χ4n) is 1.09. The van der Waals surface area contributed by atoms with Gasteiger partial charge in [0.15, 0.2) is 5.06 Å². The lowest BCUT2D eigenvalue weighted by molar-refractivity contribution is 0.427. The molecule has 0 unspecified atom stereocenters. The van der Waals surface area contributed by atoms with E-state index >= 15 is 0 Å². The predicted molar refractivity (Wildman–Crippen MR) is 56.1 cm³/mol. The van der Waals surface area contributed by atoms with E-state index < -0.39 is 0 Å². The molecule has 12 heavy (non-hydrogen) atoms. The molecule has 0 radical (unpaired) electrons. The van der Waals surface area contributed by atoms with E-state index in [-0.39, 0.29) is 0 Å². The van der Waals surface area contributed by atoms with Gasteiger partial charge in [0.2, 0.25) is 0 Å². The number of hydrogen-bond donors (Lipinski definition) is 0. The molecule has 0 amide bonds. The molecule has 0 aliphatic rings. The highest BCUT2D eigenvalue weighted by Gasteiger charge is 2.00. The monoisotopic (exact) mass is 242 g/mol. The van der Waals surface area contributed by atoms with Crippen molar-refractivity contribution in [3.63, 3.8) is 0 Å². The molecule has 1 heterocycles. The van der Waals surface area contributed by atoms with Gasteiger partial charge in [0.1, 0.15) is 0 Å². The van der Waals surface area contributed by atoms with E-state index in [1.165, 1.54) is 10.1 Å². The Morgan fingerprint density at radius 2 is 2.17 bits per heavy atom. The number of rotatable bonds is 1. The molecule has 0 N–H and O–H groups in total. The van der Waals surface area contributed by atoms with Crippen LogP contribution in [-0.4, -0.2) is 7.11 Å². The molecule has 0 aliphatic carbocycles. The second-order valence-corrected chi connectivity index (χ2v) is 4.41. The molecule has 62 valence electrons. The first-order valence-electron chi connectivity index (χ1n) is 3.52. The minimum atomic E-state index is 0.961. The van der Waals surface area contributed by atoms with Crippen molar-refractivity contribution >= 4 is 37.4 Å². The Labute approximate surface area is 83.1 Å². The van der Waals surface area contributed by atoms with E-state index in [1.807, 2.05) is 12.1 Å². The van der Waals surface area contributed by atoms with Crippen LogP contribution in [0, 0.1) is 0 Å². The minimum absolute atomic E-state index is 0.961. The number of benzene rings is 1. The van der Waals surface area contributed by atoms with Crippen LogP contribution >= 0.6 is 27.3 Å². The normalized spacial score (nSPS) is 10.5. The Kier molecular flexibility index (Phi) is 2.07. The second-order valence-electron chi connectivity index (χ2n) is 2.45. The lowest BCUT2D eigenvalue weighted by Crippen LogP contribution is -1.73. The number of thiophene rings is 1. The SMILES string of the molecule is COc1cc2cc(Br)ccc2s1. The molecule has 0 fully saturated rings. The first kappa shape index (κ1) is 8.08. The smallest absolute Gasteiger partial charge is 0.174 e. The molecule has 3 heteroatoms. The summed E-state index contributed by atoms with van der Waals surface area (Å²) < 4.78 is 7.51. The Bertz CT molecular complexity index is 408. The summed E-state index contributed by atoms with van der Waals surface area (Å²) in [5.41, 5.74) is 0. The summed E-state index contributed by atoms with van der Waals surface area (Å²) in [4.78, 5) is 0. The molecule has 0 bridgehead atoms. The van der Waals surface area contributed by atoms with Gasteiger partial charge in [0, 0.05) is 9.17 Å². The minimum Gasteiger partial charge on any atom is -0.487 e. The van der Waals surface area contributed by atoms with Gasteiger partial charge in [-0.3, -0.25) is 0 Å². The molecular weight excluding hydrogens is 236 g/mol. The van der Waals surface area contributed by atoms with Gasteiger partial charge < -0.3 is 4.74 Å². The van der Waals surface area contributed by atoms with E-state index in [4.69, 9.17) is 4.74 Å². The van der Waals surface area contributed by atoms with Gasteiger partial charge in [-0.2, -0.15) is 0 Å². The zero-order valence-electron chi connectivity index (χ0n) is 6.50. The van der Waals surface area contributed by atoms with Crippen molar-refractivity contribution in [2.75, 3.05) is 7.11 Å². The van der Waals surface area contributed by atoms with Crippen LogP contribution in [0.4, 0.5) is 0 Å². The third-order valence-corrected chi connectivity index (χ3v) is 3.23.